The maximum atomic E-state index is 4.90. The lowest BCUT2D eigenvalue weighted by Gasteiger charge is -2.27. The number of rotatable bonds is 3. The molecule has 4 rings (SSSR count). The highest BCUT2D eigenvalue weighted by molar-refractivity contribution is 5.83. The van der Waals surface area contributed by atoms with Crippen LogP contribution in [0.4, 0.5) is 0 Å². The van der Waals surface area contributed by atoms with E-state index >= 15 is 0 Å². The molecule has 3 heteroatoms. The number of hydrogen-bond acceptors (Lipinski definition) is 3. The SMILES string of the molecule is CN1CCc2nc3ccccc3c(CNC3CC3)c2C1. The van der Waals surface area contributed by atoms with Crippen molar-refractivity contribution < 1.29 is 0 Å². The summed E-state index contributed by atoms with van der Waals surface area (Å²) >= 11 is 0. The summed E-state index contributed by atoms with van der Waals surface area (Å²) < 4.78 is 0. The third kappa shape index (κ3) is 2.21. The largest absolute Gasteiger partial charge is 0.310 e. The minimum atomic E-state index is 0.749. The van der Waals surface area contributed by atoms with Crippen molar-refractivity contribution >= 4 is 10.9 Å². The van der Waals surface area contributed by atoms with Gasteiger partial charge in [-0.05, 0) is 37.1 Å². The van der Waals surface area contributed by atoms with E-state index in [4.69, 9.17) is 4.98 Å². The molecular weight excluding hydrogens is 246 g/mol. The molecule has 0 spiro atoms. The first-order valence-electron chi connectivity index (χ1n) is 7.62. The number of likely N-dealkylation sites (N-methyl/N-ethyl adjacent to an activating group) is 1. The molecule has 0 saturated heterocycles. The number of pyridine rings is 1. The van der Waals surface area contributed by atoms with E-state index in [1.165, 1.54) is 35.0 Å². The third-order valence-electron chi connectivity index (χ3n) is 4.50. The molecule has 0 bridgehead atoms. The Morgan fingerprint density at radius 1 is 1.30 bits per heavy atom. The van der Waals surface area contributed by atoms with Gasteiger partial charge in [-0.15, -0.1) is 0 Å². The van der Waals surface area contributed by atoms with Gasteiger partial charge in [0.2, 0.25) is 0 Å². The van der Waals surface area contributed by atoms with Crippen molar-refractivity contribution in [2.45, 2.75) is 38.4 Å². The zero-order chi connectivity index (χ0) is 13.5. The zero-order valence-electron chi connectivity index (χ0n) is 12.0. The van der Waals surface area contributed by atoms with Crippen molar-refractivity contribution in [2.75, 3.05) is 13.6 Å². The standard InChI is InChI=1S/C17H21N3/c1-20-9-8-17-15(11-20)14(10-18-12-6-7-12)13-4-2-3-5-16(13)19-17/h2-5,12,18H,6-11H2,1H3. The van der Waals surface area contributed by atoms with Gasteiger partial charge in [-0.2, -0.15) is 0 Å². The molecule has 2 heterocycles. The quantitative estimate of drug-likeness (QED) is 0.926. The van der Waals surface area contributed by atoms with Crippen LogP contribution in [-0.4, -0.2) is 29.5 Å². The van der Waals surface area contributed by atoms with Crippen LogP contribution in [0.3, 0.4) is 0 Å². The lowest BCUT2D eigenvalue weighted by atomic mass is 9.96. The molecule has 104 valence electrons. The Kier molecular flexibility index (Phi) is 2.97. The van der Waals surface area contributed by atoms with Gasteiger partial charge in [0.15, 0.2) is 0 Å². The number of para-hydroxylation sites is 1. The summed E-state index contributed by atoms with van der Waals surface area (Å²) in [7, 11) is 2.20. The predicted molar refractivity (Wildman–Crippen MR) is 81.6 cm³/mol. The van der Waals surface area contributed by atoms with Crippen LogP contribution in [0.1, 0.15) is 29.7 Å². The molecule has 3 nitrogen and oxygen atoms in total. The van der Waals surface area contributed by atoms with Gasteiger partial charge in [0.25, 0.3) is 0 Å². The highest BCUT2D eigenvalue weighted by Gasteiger charge is 2.24. The van der Waals surface area contributed by atoms with Gasteiger partial charge in [-0.25, -0.2) is 0 Å². The van der Waals surface area contributed by atoms with Crippen LogP contribution < -0.4 is 5.32 Å². The van der Waals surface area contributed by atoms with Crippen molar-refractivity contribution in [1.29, 1.82) is 0 Å². The Morgan fingerprint density at radius 2 is 2.15 bits per heavy atom. The zero-order valence-corrected chi connectivity index (χ0v) is 12.0. The smallest absolute Gasteiger partial charge is 0.0708 e. The van der Waals surface area contributed by atoms with Crippen LogP contribution in [0.2, 0.25) is 0 Å². The molecule has 0 radical (unpaired) electrons. The lowest BCUT2D eigenvalue weighted by molar-refractivity contribution is 0.308. The van der Waals surface area contributed by atoms with Crippen LogP contribution in [0, 0.1) is 0 Å². The van der Waals surface area contributed by atoms with Gasteiger partial charge in [0, 0.05) is 43.2 Å². The number of aromatic nitrogens is 1. The first-order chi connectivity index (χ1) is 9.81. The minimum Gasteiger partial charge on any atom is -0.310 e. The molecule has 1 fully saturated rings. The Hall–Kier alpha value is -1.45. The molecule has 1 N–H and O–H groups in total. The van der Waals surface area contributed by atoms with Crippen LogP contribution >= 0.6 is 0 Å². The number of nitrogens with one attached hydrogen (secondary N) is 1. The molecule has 2 aliphatic rings. The van der Waals surface area contributed by atoms with Gasteiger partial charge >= 0.3 is 0 Å². The second kappa shape index (κ2) is 4.83. The van der Waals surface area contributed by atoms with E-state index in [9.17, 15) is 0 Å². The summed E-state index contributed by atoms with van der Waals surface area (Å²) in [6.45, 7) is 3.15. The predicted octanol–water partition coefficient (Wildman–Crippen LogP) is 2.47. The highest BCUT2D eigenvalue weighted by atomic mass is 15.1. The lowest BCUT2D eigenvalue weighted by Crippen LogP contribution is -2.29. The van der Waals surface area contributed by atoms with Gasteiger partial charge < -0.3 is 10.2 Å². The van der Waals surface area contributed by atoms with Gasteiger partial charge in [-0.1, -0.05) is 18.2 Å². The Labute approximate surface area is 120 Å². The first kappa shape index (κ1) is 12.3. The van der Waals surface area contributed by atoms with Crippen LogP contribution in [0.5, 0.6) is 0 Å². The van der Waals surface area contributed by atoms with Crippen LogP contribution in [0.15, 0.2) is 24.3 Å². The third-order valence-corrected chi connectivity index (χ3v) is 4.50. The molecule has 1 aromatic carbocycles. The summed E-state index contributed by atoms with van der Waals surface area (Å²) in [5.41, 5.74) is 5.41. The summed E-state index contributed by atoms with van der Waals surface area (Å²) in [4.78, 5) is 7.30. The van der Waals surface area contributed by atoms with E-state index in [1.54, 1.807) is 0 Å². The number of fused-ring (bicyclic) bond motifs is 2. The fraction of sp³-hybridized carbons (Fsp3) is 0.471. The Bertz CT molecular complexity index is 646. The Morgan fingerprint density at radius 3 is 3.00 bits per heavy atom. The normalized spacial score (nSPS) is 19.2. The van der Waals surface area contributed by atoms with E-state index < -0.39 is 0 Å². The number of benzene rings is 1. The molecule has 0 amide bonds. The van der Waals surface area contributed by atoms with E-state index in [-0.39, 0.29) is 0 Å². The van der Waals surface area contributed by atoms with Gasteiger partial charge in [-0.3, -0.25) is 4.98 Å². The average molecular weight is 267 g/mol. The molecule has 20 heavy (non-hydrogen) atoms. The highest BCUT2D eigenvalue weighted by Crippen LogP contribution is 2.28. The maximum absolute atomic E-state index is 4.90. The van der Waals surface area contributed by atoms with Crippen molar-refractivity contribution in [2.24, 2.45) is 0 Å². The summed E-state index contributed by atoms with van der Waals surface area (Å²) in [6, 6.07) is 9.34. The number of nitrogens with zero attached hydrogens (tertiary/aromatic N) is 2. The van der Waals surface area contributed by atoms with E-state index in [1.807, 2.05) is 0 Å². The minimum absolute atomic E-state index is 0.749. The molecule has 1 aliphatic heterocycles. The van der Waals surface area contributed by atoms with E-state index in [2.05, 4.69) is 41.5 Å². The fourth-order valence-electron chi connectivity index (χ4n) is 3.15. The summed E-state index contributed by atoms with van der Waals surface area (Å²) in [5.74, 6) is 0. The second-order valence-electron chi connectivity index (χ2n) is 6.18. The van der Waals surface area contributed by atoms with Crippen molar-refractivity contribution in [3.05, 3.63) is 41.1 Å². The van der Waals surface area contributed by atoms with Gasteiger partial charge in [0.1, 0.15) is 0 Å². The average Bonchev–Trinajstić information content (AvgIpc) is 3.28. The van der Waals surface area contributed by atoms with Crippen molar-refractivity contribution in [3.63, 3.8) is 0 Å². The van der Waals surface area contributed by atoms with Gasteiger partial charge in [0.05, 0.1) is 5.52 Å². The molecule has 0 atom stereocenters. The first-order valence-corrected chi connectivity index (χ1v) is 7.62. The molecule has 1 aliphatic carbocycles. The Balaban J connectivity index is 1.83. The number of hydrogen-bond donors (Lipinski definition) is 1. The molecule has 0 unspecified atom stereocenters. The van der Waals surface area contributed by atoms with Crippen LogP contribution in [0.25, 0.3) is 10.9 Å². The topological polar surface area (TPSA) is 28.2 Å². The molecule has 1 aromatic heterocycles. The maximum Gasteiger partial charge on any atom is 0.0708 e. The molecule has 1 saturated carbocycles. The monoisotopic (exact) mass is 267 g/mol. The van der Waals surface area contributed by atoms with E-state index in [0.717, 1.165) is 37.6 Å². The van der Waals surface area contributed by atoms with E-state index in [0.29, 0.717) is 0 Å². The van der Waals surface area contributed by atoms with Crippen molar-refractivity contribution in [3.8, 4) is 0 Å². The fourth-order valence-corrected chi connectivity index (χ4v) is 3.15. The van der Waals surface area contributed by atoms with Crippen molar-refractivity contribution in [1.82, 2.24) is 15.2 Å². The second-order valence-corrected chi connectivity index (χ2v) is 6.18. The van der Waals surface area contributed by atoms with Crippen LogP contribution in [-0.2, 0) is 19.5 Å². The summed E-state index contributed by atoms with van der Waals surface area (Å²) in [5, 5.41) is 5.01. The molecule has 2 aromatic rings. The summed E-state index contributed by atoms with van der Waals surface area (Å²) in [6.07, 6.45) is 3.75. The molecular formula is C17H21N3.